The van der Waals surface area contributed by atoms with E-state index >= 15 is 0 Å². The maximum absolute atomic E-state index is 5.96. The smallest absolute Gasteiger partial charge is 0.117 e. The maximum atomic E-state index is 5.96. The molecule has 0 bridgehead atoms. The van der Waals surface area contributed by atoms with Gasteiger partial charge >= 0.3 is 0 Å². The normalized spacial score (nSPS) is 26.7. The van der Waals surface area contributed by atoms with Crippen molar-refractivity contribution >= 4 is 5.69 Å². The number of benzene rings is 1. The van der Waals surface area contributed by atoms with Crippen LogP contribution in [-0.2, 0) is 6.54 Å². The van der Waals surface area contributed by atoms with Crippen molar-refractivity contribution in [1.29, 1.82) is 0 Å². The third kappa shape index (κ3) is 3.45. The Morgan fingerprint density at radius 3 is 2.78 bits per heavy atom. The van der Waals surface area contributed by atoms with Crippen molar-refractivity contribution in [1.82, 2.24) is 5.32 Å². The first-order chi connectivity index (χ1) is 11.3. The van der Waals surface area contributed by atoms with Crippen molar-refractivity contribution in [3.8, 4) is 0 Å². The molecule has 2 aromatic rings. The molecule has 1 aliphatic carbocycles. The fraction of sp³-hybridized carbons (Fsp3) is 0.500. The van der Waals surface area contributed by atoms with E-state index in [2.05, 4.69) is 59.6 Å². The molecule has 4 rings (SSSR count). The van der Waals surface area contributed by atoms with Crippen molar-refractivity contribution < 1.29 is 4.42 Å². The second kappa shape index (κ2) is 6.40. The summed E-state index contributed by atoms with van der Waals surface area (Å²) in [5.74, 6) is 4.48. The molecule has 23 heavy (non-hydrogen) atoms. The molecule has 3 unspecified atom stereocenters. The molecule has 1 aromatic carbocycles. The van der Waals surface area contributed by atoms with Crippen molar-refractivity contribution in [2.45, 2.75) is 32.2 Å². The van der Waals surface area contributed by atoms with Crippen LogP contribution in [0.1, 0.15) is 37.2 Å². The van der Waals surface area contributed by atoms with E-state index in [4.69, 9.17) is 4.42 Å². The molecule has 0 spiro atoms. The Labute approximate surface area is 138 Å². The van der Waals surface area contributed by atoms with Crippen molar-refractivity contribution in [3.63, 3.8) is 0 Å². The second-order valence-electron chi connectivity index (χ2n) is 7.19. The first-order valence-electron chi connectivity index (χ1n) is 8.89. The molecule has 3 heteroatoms. The van der Waals surface area contributed by atoms with E-state index in [-0.39, 0.29) is 0 Å². The summed E-state index contributed by atoms with van der Waals surface area (Å²) in [6, 6.07) is 15.0. The number of para-hydroxylation sites is 1. The molecular formula is C20H26N2O. The lowest BCUT2D eigenvalue weighted by Crippen LogP contribution is -2.26. The van der Waals surface area contributed by atoms with Crippen molar-refractivity contribution in [2.24, 2.45) is 11.8 Å². The maximum Gasteiger partial charge on any atom is 0.117 e. The summed E-state index contributed by atoms with van der Waals surface area (Å²) in [4.78, 5) is 2.49. The summed E-state index contributed by atoms with van der Waals surface area (Å²) in [6.07, 6.45) is 2.56. The standard InChI is InChI=1S/C20H26N2O/c1-15-11-19(15)20-8-7-18(23-20)13-21-12-16-9-10-22(14-16)17-5-3-2-4-6-17/h2-8,15-16,19,21H,9-14H2,1H3. The van der Waals surface area contributed by atoms with E-state index in [0.29, 0.717) is 5.92 Å². The lowest BCUT2D eigenvalue weighted by molar-refractivity contribution is 0.429. The van der Waals surface area contributed by atoms with E-state index < -0.39 is 0 Å². The highest BCUT2D eigenvalue weighted by molar-refractivity contribution is 5.46. The van der Waals surface area contributed by atoms with Crippen molar-refractivity contribution in [2.75, 3.05) is 24.5 Å². The van der Waals surface area contributed by atoms with Gasteiger partial charge in [0.2, 0.25) is 0 Å². The monoisotopic (exact) mass is 310 g/mol. The SMILES string of the molecule is CC1CC1c1ccc(CNCC2CCN(c3ccccc3)C2)o1. The van der Waals surface area contributed by atoms with Crippen LogP contribution in [0, 0.1) is 11.8 Å². The van der Waals surface area contributed by atoms with Gasteiger partial charge < -0.3 is 14.6 Å². The molecule has 2 fully saturated rings. The predicted octanol–water partition coefficient (Wildman–Crippen LogP) is 4.02. The highest BCUT2D eigenvalue weighted by Crippen LogP contribution is 2.47. The fourth-order valence-electron chi connectivity index (χ4n) is 3.68. The fourth-order valence-corrected chi connectivity index (χ4v) is 3.68. The molecule has 122 valence electrons. The molecule has 1 N–H and O–H groups in total. The largest absolute Gasteiger partial charge is 0.464 e. The molecule has 1 saturated carbocycles. The van der Waals surface area contributed by atoms with E-state index in [1.54, 1.807) is 0 Å². The molecular weight excluding hydrogens is 284 g/mol. The number of rotatable bonds is 6. The van der Waals surface area contributed by atoms with Crippen molar-refractivity contribution in [3.05, 3.63) is 54.0 Å². The molecule has 0 amide bonds. The average Bonchev–Trinajstić information content (AvgIpc) is 2.99. The van der Waals surface area contributed by atoms with Gasteiger partial charge in [-0.25, -0.2) is 0 Å². The van der Waals surface area contributed by atoms with Gasteiger partial charge in [0, 0.05) is 31.2 Å². The van der Waals surface area contributed by atoms with Gasteiger partial charge in [0.25, 0.3) is 0 Å². The molecule has 1 saturated heterocycles. The van der Waals surface area contributed by atoms with E-state index in [1.807, 2.05) is 0 Å². The minimum Gasteiger partial charge on any atom is -0.464 e. The Hall–Kier alpha value is -1.74. The third-order valence-electron chi connectivity index (χ3n) is 5.30. The zero-order chi connectivity index (χ0) is 15.6. The summed E-state index contributed by atoms with van der Waals surface area (Å²) in [5, 5.41) is 3.58. The predicted molar refractivity (Wildman–Crippen MR) is 93.7 cm³/mol. The van der Waals surface area contributed by atoms with Crippen LogP contribution in [0.3, 0.4) is 0 Å². The van der Waals surface area contributed by atoms with Gasteiger partial charge in [-0.3, -0.25) is 0 Å². The Bertz CT molecular complexity index is 636. The van der Waals surface area contributed by atoms with Crippen LogP contribution in [-0.4, -0.2) is 19.6 Å². The second-order valence-corrected chi connectivity index (χ2v) is 7.19. The minimum absolute atomic E-state index is 0.679. The average molecular weight is 310 g/mol. The highest BCUT2D eigenvalue weighted by atomic mass is 16.3. The van der Waals surface area contributed by atoms with E-state index in [9.17, 15) is 0 Å². The molecule has 1 aliphatic heterocycles. The van der Waals surface area contributed by atoms with Gasteiger partial charge in [-0.2, -0.15) is 0 Å². The van der Waals surface area contributed by atoms with E-state index in [1.165, 1.54) is 30.8 Å². The third-order valence-corrected chi connectivity index (χ3v) is 5.30. The number of nitrogens with one attached hydrogen (secondary N) is 1. The molecule has 1 aromatic heterocycles. The van der Waals surface area contributed by atoms with Crippen LogP contribution < -0.4 is 10.2 Å². The number of anilines is 1. The Balaban J connectivity index is 1.22. The summed E-state index contributed by atoms with van der Waals surface area (Å²) >= 11 is 0. The highest BCUT2D eigenvalue weighted by Gasteiger charge is 2.36. The summed E-state index contributed by atoms with van der Waals surface area (Å²) in [7, 11) is 0. The summed E-state index contributed by atoms with van der Waals surface area (Å²) in [5.41, 5.74) is 1.35. The Kier molecular flexibility index (Phi) is 4.13. The zero-order valence-electron chi connectivity index (χ0n) is 13.9. The molecule has 3 atom stereocenters. The zero-order valence-corrected chi connectivity index (χ0v) is 13.9. The quantitative estimate of drug-likeness (QED) is 0.873. The lowest BCUT2D eigenvalue weighted by Gasteiger charge is -2.18. The first kappa shape index (κ1) is 14.8. The first-order valence-corrected chi connectivity index (χ1v) is 8.89. The van der Waals surface area contributed by atoms with Gasteiger partial charge in [-0.15, -0.1) is 0 Å². The molecule has 2 aliphatic rings. The van der Waals surface area contributed by atoms with E-state index in [0.717, 1.165) is 37.2 Å². The lowest BCUT2D eigenvalue weighted by atomic mass is 10.1. The number of furan rings is 1. The van der Waals surface area contributed by atoms with Gasteiger partial charge in [0.15, 0.2) is 0 Å². The van der Waals surface area contributed by atoms with Crippen LogP contribution >= 0.6 is 0 Å². The van der Waals surface area contributed by atoms with Crippen LogP contribution in [0.25, 0.3) is 0 Å². The molecule has 0 radical (unpaired) electrons. The Morgan fingerprint density at radius 1 is 1.17 bits per heavy atom. The van der Waals surface area contributed by atoms with Crippen LogP contribution in [0.15, 0.2) is 46.9 Å². The number of hydrogen-bond acceptors (Lipinski definition) is 3. The molecule has 2 heterocycles. The van der Waals surface area contributed by atoms with Crippen LogP contribution in [0.4, 0.5) is 5.69 Å². The molecule has 3 nitrogen and oxygen atoms in total. The summed E-state index contributed by atoms with van der Waals surface area (Å²) in [6.45, 7) is 6.53. The minimum atomic E-state index is 0.679. The van der Waals surface area contributed by atoms with Crippen LogP contribution in [0.2, 0.25) is 0 Å². The Morgan fingerprint density at radius 2 is 2.00 bits per heavy atom. The van der Waals surface area contributed by atoms with Gasteiger partial charge in [-0.1, -0.05) is 25.1 Å². The number of hydrogen-bond donors (Lipinski definition) is 1. The van der Waals surface area contributed by atoms with Gasteiger partial charge in [0.1, 0.15) is 11.5 Å². The number of nitrogens with zero attached hydrogens (tertiary/aromatic N) is 1. The topological polar surface area (TPSA) is 28.4 Å². The van der Waals surface area contributed by atoms with Gasteiger partial charge in [-0.05, 0) is 48.9 Å². The van der Waals surface area contributed by atoms with Crippen LogP contribution in [0.5, 0.6) is 0 Å². The summed E-state index contributed by atoms with van der Waals surface area (Å²) < 4.78 is 5.96. The van der Waals surface area contributed by atoms with Gasteiger partial charge in [0.05, 0.1) is 6.54 Å².